The lowest BCUT2D eigenvalue weighted by molar-refractivity contribution is -0.160. The molecular formula is C27H33NO8. The summed E-state index contributed by atoms with van der Waals surface area (Å²) in [7, 11) is 1.48. The van der Waals surface area contributed by atoms with Gasteiger partial charge in [-0.2, -0.15) is 0 Å². The van der Waals surface area contributed by atoms with Crippen molar-refractivity contribution in [1.82, 2.24) is 4.90 Å². The molecule has 5 aliphatic rings. The maximum absolute atomic E-state index is 13.9. The monoisotopic (exact) mass is 499 g/mol. The SMILES string of the molecule is COC[C@H]1OC(=O)/C(=C/N2CCCC2)C2=C(O)C(=O)C3=C([C@H](OC(C)=O)C[C@]4(C)C(=O)CCC34)[C@]21C. The first-order valence-electron chi connectivity index (χ1n) is 12.6. The molecule has 0 radical (unpaired) electrons. The van der Waals surface area contributed by atoms with Crippen molar-refractivity contribution in [3.8, 4) is 0 Å². The fourth-order valence-electron chi connectivity index (χ4n) is 7.14. The van der Waals surface area contributed by atoms with Gasteiger partial charge in [0.1, 0.15) is 18.0 Å². The van der Waals surface area contributed by atoms with Gasteiger partial charge in [-0.3, -0.25) is 14.4 Å². The molecule has 9 heteroatoms. The van der Waals surface area contributed by atoms with Crippen molar-refractivity contribution in [3.05, 3.63) is 34.3 Å². The van der Waals surface area contributed by atoms with Crippen LogP contribution < -0.4 is 0 Å². The van der Waals surface area contributed by atoms with Crippen LogP contribution in [0.25, 0.3) is 0 Å². The smallest absolute Gasteiger partial charge is 0.340 e. The predicted octanol–water partition coefficient (Wildman–Crippen LogP) is 2.56. The first-order chi connectivity index (χ1) is 17.0. The summed E-state index contributed by atoms with van der Waals surface area (Å²) in [6, 6.07) is 0. The molecule has 9 nitrogen and oxygen atoms in total. The Hall–Kier alpha value is -2.94. The number of allylic oxidation sites excluding steroid dienone is 1. The number of rotatable bonds is 4. The van der Waals surface area contributed by atoms with Gasteiger partial charge < -0.3 is 24.2 Å². The molecule has 0 aromatic carbocycles. The number of ketones is 2. The number of aliphatic hydroxyl groups excluding tert-OH is 1. The van der Waals surface area contributed by atoms with Crippen LogP contribution in [0.4, 0.5) is 0 Å². The fraction of sp³-hybridized carbons (Fsp3) is 0.630. The third-order valence-electron chi connectivity index (χ3n) is 8.87. The van der Waals surface area contributed by atoms with Gasteiger partial charge in [-0.1, -0.05) is 6.92 Å². The molecule has 2 heterocycles. The Morgan fingerprint density at radius 3 is 2.56 bits per heavy atom. The summed E-state index contributed by atoms with van der Waals surface area (Å²) >= 11 is 0. The maximum Gasteiger partial charge on any atom is 0.340 e. The molecule has 36 heavy (non-hydrogen) atoms. The number of fused-ring (bicyclic) bond motifs is 4. The second kappa shape index (κ2) is 8.57. The summed E-state index contributed by atoms with van der Waals surface area (Å²) in [5.74, 6) is -2.71. The summed E-state index contributed by atoms with van der Waals surface area (Å²) in [4.78, 5) is 54.3. The molecule has 3 aliphatic carbocycles. The Balaban J connectivity index is 1.77. The van der Waals surface area contributed by atoms with Crippen molar-refractivity contribution >= 4 is 23.5 Å². The molecule has 0 aromatic rings. The summed E-state index contributed by atoms with van der Waals surface area (Å²) < 4.78 is 17.1. The number of esters is 2. The topological polar surface area (TPSA) is 119 Å². The van der Waals surface area contributed by atoms with Crippen LogP contribution in [0, 0.1) is 16.7 Å². The largest absolute Gasteiger partial charge is 0.504 e. The number of nitrogens with zero attached hydrogens (tertiary/aromatic N) is 1. The van der Waals surface area contributed by atoms with Crippen molar-refractivity contribution in [2.75, 3.05) is 26.8 Å². The summed E-state index contributed by atoms with van der Waals surface area (Å²) in [6.07, 6.45) is 2.87. The second-order valence-electron chi connectivity index (χ2n) is 11.0. The van der Waals surface area contributed by atoms with Crippen molar-refractivity contribution in [3.63, 3.8) is 0 Å². The molecule has 0 amide bonds. The second-order valence-corrected chi connectivity index (χ2v) is 11.0. The highest BCUT2D eigenvalue weighted by Crippen LogP contribution is 2.62. The van der Waals surface area contributed by atoms with Gasteiger partial charge in [0.2, 0.25) is 5.78 Å². The van der Waals surface area contributed by atoms with Crippen LogP contribution in [-0.4, -0.2) is 72.5 Å². The highest BCUT2D eigenvalue weighted by molar-refractivity contribution is 6.14. The van der Waals surface area contributed by atoms with Crippen LogP contribution in [0.15, 0.2) is 34.3 Å². The molecule has 2 saturated heterocycles. The quantitative estimate of drug-likeness (QED) is 0.460. The molecule has 3 fully saturated rings. The van der Waals surface area contributed by atoms with Crippen molar-refractivity contribution in [2.24, 2.45) is 16.7 Å². The third-order valence-corrected chi connectivity index (χ3v) is 8.87. The van der Waals surface area contributed by atoms with Crippen molar-refractivity contribution < 1.29 is 38.5 Å². The van der Waals surface area contributed by atoms with Gasteiger partial charge in [0.15, 0.2) is 5.76 Å². The van der Waals surface area contributed by atoms with E-state index in [0.29, 0.717) is 24.0 Å². The Morgan fingerprint density at radius 2 is 1.92 bits per heavy atom. The van der Waals surface area contributed by atoms with Gasteiger partial charge in [-0.15, -0.1) is 0 Å². The Bertz CT molecular complexity index is 1140. The molecule has 1 unspecified atom stereocenters. The zero-order valence-corrected chi connectivity index (χ0v) is 21.2. The van der Waals surface area contributed by atoms with Crippen molar-refractivity contribution in [2.45, 2.75) is 65.1 Å². The van der Waals surface area contributed by atoms with Gasteiger partial charge in [-0.25, -0.2) is 4.79 Å². The van der Waals surface area contributed by atoms with Crippen LogP contribution in [0.5, 0.6) is 0 Å². The summed E-state index contributed by atoms with van der Waals surface area (Å²) in [5.41, 5.74) is -0.962. The molecule has 2 aliphatic heterocycles. The van der Waals surface area contributed by atoms with E-state index in [9.17, 15) is 24.3 Å². The molecule has 1 saturated carbocycles. The summed E-state index contributed by atoms with van der Waals surface area (Å²) in [6.45, 7) is 6.43. The molecule has 5 atom stereocenters. The number of ether oxygens (including phenoxy) is 3. The first kappa shape index (κ1) is 24.7. The van der Waals surface area contributed by atoms with E-state index in [-0.39, 0.29) is 30.0 Å². The Labute approximate surface area is 210 Å². The third kappa shape index (κ3) is 3.38. The normalized spacial score (nSPS) is 37.2. The van der Waals surface area contributed by atoms with Crippen LogP contribution >= 0.6 is 0 Å². The van der Waals surface area contributed by atoms with E-state index in [1.54, 1.807) is 6.20 Å². The van der Waals surface area contributed by atoms with Crippen LogP contribution in [0.2, 0.25) is 0 Å². The van der Waals surface area contributed by atoms with Gasteiger partial charge in [0.25, 0.3) is 0 Å². The van der Waals surface area contributed by atoms with E-state index in [1.807, 2.05) is 18.7 Å². The molecule has 0 aromatic heterocycles. The van der Waals surface area contributed by atoms with Crippen LogP contribution in [0.1, 0.15) is 52.9 Å². The van der Waals surface area contributed by atoms with Gasteiger partial charge in [-0.05, 0) is 31.8 Å². The molecule has 0 spiro atoms. The number of hydrogen-bond acceptors (Lipinski definition) is 9. The van der Waals surface area contributed by atoms with E-state index in [4.69, 9.17) is 14.2 Å². The van der Waals surface area contributed by atoms with Crippen LogP contribution in [0.3, 0.4) is 0 Å². The van der Waals surface area contributed by atoms with E-state index in [0.717, 1.165) is 25.9 Å². The first-order valence-corrected chi connectivity index (χ1v) is 12.6. The predicted molar refractivity (Wildman–Crippen MR) is 126 cm³/mol. The number of likely N-dealkylation sites (tertiary alicyclic amines) is 1. The highest BCUT2D eigenvalue weighted by atomic mass is 16.6. The van der Waals surface area contributed by atoms with E-state index < -0.39 is 52.4 Å². The number of hydrogen-bond donors (Lipinski definition) is 1. The Kier molecular flexibility index (Phi) is 5.89. The molecular weight excluding hydrogens is 466 g/mol. The highest BCUT2D eigenvalue weighted by Gasteiger charge is 2.64. The average molecular weight is 500 g/mol. The zero-order chi connectivity index (χ0) is 26.0. The van der Waals surface area contributed by atoms with E-state index in [1.165, 1.54) is 14.0 Å². The number of carbonyl (C=O) groups excluding carboxylic acids is 4. The molecule has 0 bridgehead atoms. The maximum atomic E-state index is 13.9. The fourth-order valence-corrected chi connectivity index (χ4v) is 7.14. The lowest BCUT2D eigenvalue weighted by atomic mass is 9.53. The van der Waals surface area contributed by atoms with E-state index in [2.05, 4.69) is 0 Å². The minimum Gasteiger partial charge on any atom is -0.504 e. The molecule has 1 N–H and O–H groups in total. The van der Waals surface area contributed by atoms with Gasteiger partial charge in [0.05, 0.1) is 17.6 Å². The molecule has 5 rings (SSSR count). The lowest BCUT2D eigenvalue weighted by Crippen LogP contribution is -2.57. The number of cyclic esters (lactones) is 1. The standard InChI is InChI=1S/C27H33NO8/c1-14(29)35-17-11-26(2)16(7-8-18(26)30)20-22(17)27(3)19(13-34-4)36-25(33)15(12-28-9-5-6-10-28)21(27)24(32)23(20)31/h12,16-17,19,32H,5-11,13H2,1-4H3/b15-12+/t16?,17-,19-,26+,27+/m1/s1. The van der Waals surface area contributed by atoms with Gasteiger partial charge >= 0.3 is 11.9 Å². The number of aliphatic hydroxyl groups is 1. The Morgan fingerprint density at radius 1 is 1.22 bits per heavy atom. The number of methoxy groups -OCH3 is 1. The number of Topliss-reactive ketones (excluding diaryl/α,β-unsaturated/α-hetero) is 2. The lowest BCUT2D eigenvalue weighted by Gasteiger charge is -2.53. The average Bonchev–Trinajstić information content (AvgIpc) is 3.42. The zero-order valence-electron chi connectivity index (χ0n) is 21.2. The van der Waals surface area contributed by atoms with Gasteiger partial charge in [0, 0.05) is 68.6 Å². The van der Waals surface area contributed by atoms with Crippen molar-refractivity contribution in [1.29, 1.82) is 0 Å². The minimum atomic E-state index is -1.20. The van der Waals surface area contributed by atoms with E-state index >= 15 is 0 Å². The summed E-state index contributed by atoms with van der Waals surface area (Å²) in [5, 5.41) is 11.5. The minimum absolute atomic E-state index is 0.00857. The van der Waals surface area contributed by atoms with Crippen LogP contribution in [-0.2, 0) is 33.4 Å². The number of carbonyl (C=O) groups is 4. The molecule has 194 valence electrons.